The van der Waals surface area contributed by atoms with Crippen LogP contribution in [0.2, 0.25) is 5.02 Å². The Bertz CT molecular complexity index is 975. The minimum atomic E-state index is 0.713. The second kappa shape index (κ2) is 9.63. The second-order valence-electron chi connectivity index (χ2n) is 8.10. The van der Waals surface area contributed by atoms with Crippen molar-refractivity contribution in [2.24, 2.45) is 0 Å². The van der Waals surface area contributed by atoms with Gasteiger partial charge in [0.15, 0.2) is 0 Å². The molecule has 1 aliphatic rings. The lowest BCUT2D eigenvalue weighted by atomic mass is 10.1. The van der Waals surface area contributed by atoms with Crippen LogP contribution >= 0.6 is 11.6 Å². The van der Waals surface area contributed by atoms with E-state index in [0.29, 0.717) is 5.02 Å². The molecule has 1 aromatic heterocycles. The van der Waals surface area contributed by atoms with Crippen LogP contribution < -0.4 is 4.90 Å². The lowest BCUT2D eigenvalue weighted by Gasteiger charge is -2.37. The maximum absolute atomic E-state index is 6.26. The Labute approximate surface area is 184 Å². The molecule has 0 radical (unpaired) electrons. The van der Waals surface area contributed by atoms with Crippen LogP contribution in [-0.4, -0.2) is 52.6 Å². The minimum absolute atomic E-state index is 0.713. The SMILES string of the molecule is Cc1cccc(N2CCN(CCCCn3cc(-c4ccccc4Cl)nn3)CC2)c1C. The fourth-order valence-corrected chi connectivity index (χ4v) is 4.33. The van der Waals surface area contributed by atoms with Gasteiger partial charge in [-0.15, -0.1) is 5.10 Å². The van der Waals surface area contributed by atoms with E-state index in [1.807, 2.05) is 35.1 Å². The van der Waals surface area contributed by atoms with Gasteiger partial charge in [-0.1, -0.05) is 47.1 Å². The molecule has 1 saturated heterocycles. The third-order valence-electron chi connectivity index (χ3n) is 6.09. The molecule has 30 heavy (non-hydrogen) atoms. The average molecular weight is 424 g/mol. The maximum atomic E-state index is 6.26. The Morgan fingerprint density at radius 3 is 2.47 bits per heavy atom. The highest BCUT2D eigenvalue weighted by Crippen LogP contribution is 2.26. The molecule has 5 nitrogen and oxygen atoms in total. The molecule has 0 unspecified atom stereocenters. The van der Waals surface area contributed by atoms with Gasteiger partial charge in [-0.25, -0.2) is 0 Å². The third-order valence-corrected chi connectivity index (χ3v) is 6.42. The van der Waals surface area contributed by atoms with Crippen molar-refractivity contribution < 1.29 is 0 Å². The number of aromatic nitrogens is 3. The predicted molar refractivity (Wildman–Crippen MR) is 124 cm³/mol. The van der Waals surface area contributed by atoms with Gasteiger partial charge in [0.25, 0.3) is 0 Å². The van der Waals surface area contributed by atoms with Crippen molar-refractivity contribution in [1.82, 2.24) is 19.9 Å². The van der Waals surface area contributed by atoms with Crippen LogP contribution in [0.5, 0.6) is 0 Å². The number of unbranched alkanes of at least 4 members (excludes halogenated alkanes) is 1. The van der Waals surface area contributed by atoms with Gasteiger partial charge in [-0.2, -0.15) is 0 Å². The van der Waals surface area contributed by atoms with Crippen LogP contribution in [0.1, 0.15) is 24.0 Å². The molecule has 3 aromatic rings. The predicted octanol–water partition coefficient (Wildman–Crippen LogP) is 4.82. The smallest absolute Gasteiger partial charge is 0.114 e. The summed E-state index contributed by atoms with van der Waals surface area (Å²) in [5, 5.41) is 9.26. The Kier molecular flexibility index (Phi) is 6.70. The van der Waals surface area contributed by atoms with Gasteiger partial charge in [-0.05, 0) is 56.5 Å². The summed E-state index contributed by atoms with van der Waals surface area (Å²) in [6, 6.07) is 14.4. The van der Waals surface area contributed by atoms with E-state index in [9.17, 15) is 0 Å². The van der Waals surface area contributed by atoms with E-state index in [4.69, 9.17) is 11.6 Å². The third kappa shape index (κ3) is 4.85. The van der Waals surface area contributed by atoms with E-state index >= 15 is 0 Å². The van der Waals surface area contributed by atoms with Gasteiger partial charge in [0, 0.05) is 44.0 Å². The number of aryl methyl sites for hydroxylation is 2. The zero-order valence-corrected chi connectivity index (χ0v) is 18.6. The lowest BCUT2D eigenvalue weighted by Crippen LogP contribution is -2.46. The standard InChI is InChI=1S/C24H30ClN5/c1-19-8-7-11-24(20(19)2)29-16-14-28(15-17-29)12-5-6-13-30-18-23(26-27-30)21-9-3-4-10-22(21)25/h3-4,7-11,18H,5-6,12-17H2,1-2H3. The first-order chi connectivity index (χ1) is 14.6. The Balaban J connectivity index is 1.20. The number of halogens is 1. The van der Waals surface area contributed by atoms with Crippen LogP contribution in [-0.2, 0) is 6.54 Å². The highest BCUT2D eigenvalue weighted by molar-refractivity contribution is 6.33. The first-order valence-corrected chi connectivity index (χ1v) is 11.2. The Hall–Kier alpha value is -2.37. The molecule has 158 valence electrons. The van der Waals surface area contributed by atoms with Gasteiger partial charge in [-0.3, -0.25) is 9.58 Å². The van der Waals surface area contributed by atoms with Crippen molar-refractivity contribution in [2.75, 3.05) is 37.6 Å². The number of anilines is 1. The molecule has 0 amide bonds. The molecule has 4 rings (SSSR count). The maximum Gasteiger partial charge on any atom is 0.114 e. The number of piperazine rings is 1. The van der Waals surface area contributed by atoms with E-state index in [1.165, 1.54) is 23.2 Å². The van der Waals surface area contributed by atoms with Gasteiger partial charge in [0.2, 0.25) is 0 Å². The first kappa shape index (κ1) is 20.9. The Morgan fingerprint density at radius 2 is 1.67 bits per heavy atom. The molecule has 2 heterocycles. The number of hydrogen-bond acceptors (Lipinski definition) is 4. The van der Waals surface area contributed by atoms with Crippen LogP contribution in [0.3, 0.4) is 0 Å². The average Bonchev–Trinajstić information content (AvgIpc) is 3.23. The fourth-order valence-electron chi connectivity index (χ4n) is 4.10. The van der Waals surface area contributed by atoms with E-state index in [2.05, 4.69) is 52.2 Å². The summed E-state index contributed by atoms with van der Waals surface area (Å²) in [4.78, 5) is 5.11. The summed E-state index contributed by atoms with van der Waals surface area (Å²) >= 11 is 6.26. The summed E-state index contributed by atoms with van der Waals surface area (Å²) in [5.41, 5.74) is 5.96. The number of nitrogens with zero attached hydrogens (tertiary/aromatic N) is 5. The minimum Gasteiger partial charge on any atom is -0.369 e. The van der Waals surface area contributed by atoms with Gasteiger partial charge in [0.05, 0.1) is 11.2 Å². The van der Waals surface area contributed by atoms with Gasteiger partial charge >= 0.3 is 0 Å². The van der Waals surface area contributed by atoms with E-state index < -0.39 is 0 Å². The van der Waals surface area contributed by atoms with Crippen molar-refractivity contribution in [3.05, 3.63) is 64.8 Å². The van der Waals surface area contributed by atoms with Crippen LogP contribution in [0, 0.1) is 13.8 Å². The van der Waals surface area contributed by atoms with Crippen LogP contribution in [0.4, 0.5) is 5.69 Å². The van der Waals surface area contributed by atoms with E-state index in [0.717, 1.165) is 56.9 Å². The molecule has 0 N–H and O–H groups in total. The molecule has 0 bridgehead atoms. The topological polar surface area (TPSA) is 37.2 Å². The van der Waals surface area contributed by atoms with Crippen molar-refractivity contribution in [3.8, 4) is 11.3 Å². The highest BCUT2D eigenvalue weighted by Gasteiger charge is 2.18. The second-order valence-corrected chi connectivity index (χ2v) is 8.51. The van der Waals surface area contributed by atoms with E-state index in [1.54, 1.807) is 0 Å². The monoisotopic (exact) mass is 423 g/mol. The molecule has 0 aliphatic carbocycles. The molecule has 2 aromatic carbocycles. The van der Waals surface area contributed by atoms with Crippen molar-refractivity contribution in [2.45, 2.75) is 33.2 Å². The highest BCUT2D eigenvalue weighted by atomic mass is 35.5. The van der Waals surface area contributed by atoms with E-state index in [-0.39, 0.29) is 0 Å². The zero-order chi connectivity index (χ0) is 20.9. The molecular weight excluding hydrogens is 394 g/mol. The molecule has 0 spiro atoms. The number of hydrogen-bond donors (Lipinski definition) is 0. The largest absolute Gasteiger partial charge is 0.369 e. The first-order valence-electron chi connectivity index (χ1n) is 10.8. The summed E-state index contributed by atoms with van der Waals surface area (Å²) in [6.07, 6.45) is 4.26. The number of benzene rings is 2. The summed E-state index contributed by atoms with van der Waals surface area (Å²) in [7, 11) is 0. The molecule has 0 atom stereocenters. The molecule has 1 aliphatic heterocycles. The molecule has 1 fully saturated rings. The normalized spacial score (nSPS) is 15.0. The van der Waals surface area contributed by atoms with Gasteiger partial charge < -0.3 is 4.90 Å². The summed E-state index contributed by atoms with van der Waals surface area (Å²) < 4.78 is 1.93. The summed E-state index contributed by atoms with van der Waals surface area (Å²) in [5.74, 6) is 0. The molecular formula is C24H30ClN5. The Morgan fingerprint density at radius 1 is 0.900 bits per heavy atom. The van der Waals surface area contributed by atoms with Crippen molar-refractivity contribution in [3.63, 3.8) is 0 Å². The number of rotatable bonds is 7. The zero-order valence-electron chi connectivity index (χ0n) is 17.9. The van der Waals surface area contributed by atoms with Gasteiger partial charge in [0.1, 0.15) is 5.69 Å². The molecule has 0 saturated carbocycles. The summed E-state index contributed by atoms with van der Waals surface area (Å²) in [6.45, 7) is 10.9. The van der Waals surface area contributed by atoms with Crippen LogP contribution in [0.25, 0.3) is 11.3 Å². The van der Waals surface area contributed by atoms with Crippen molar-refractivity contribution in [1.29, 1.82) is 0 Å². The quantitative estimate of drug-likeness (QED) is 0.510. The lowest BCUT2D eigenvalue weighted by molar-refractivity contribution is 0.250. The van der Waals surface area contributed by atoms with Crippen molar-refractivity contribution >= 4 is 17.3 Å². The fraction of sp³-hybridized carbons (Fsp3) is 0.417. The molecule has 6 heteroatoms. The van der Waals surface area contributed by atoms with Crippen LogP contribution in [0.15, 0.2) is 48.7 Å².